The van der Waals surface area contributed by atoms with E-state index in [2.05, 4.69) is 19.9 Å². The van der Waals surface area contributed by atoms with E-state index in [0.29, 0.717) is 19.0 Å². The first-order valence-corrected chi connectivity index (χ1v) is 7.71. The quantitative estimate of drug-likeness (QED) is 0.733. The highest BCUT2D eigenvalue weighted by molar-refractivity contribution is 6.28. The van der Waals surface area contributed by atoms with Crippen molar-refractivity contribution in [1.29, 1.82) is 0 Å². The monoisotopic (exact) mass is 313 g/mol. The molecule has 8 heteroatoms. The molecule has 3 heterocycles. The number of likely N-dealkylation sites (tertiary alicyclic amines) is 1. The topological polar surface area (TPSA) is 88.3 Å². The van der Waals surface area contributed by atoms with E-state index < -0.39 is 6.10 Å². The summed E-state index contributed by atoms with van der Waals surface area (Å²) in [5.41, 5.74) is 0. The molecule has 0 aliphatic carbocycles. The molecule has 3 rings (SSSR count). The van der Waals surface area contributed by atoms with Crippen molar-refractivity contribution in [1.82, 2.24) is 19.9 Å². The van der Waals surface area contributed by atoms with Gasteiger partial charge >= 0.3 is 0 Å². The molecule has 0 amide bonds. The number of hydrogen-bond acceptors (Lipinski definition) is 7. The van der Waals surface area contributed by atoms with Gasteiger partial charge < -0.3 is 15.1 Å². The molecule has 0 saturated carbocycles. The lowest BCUT2D eigenvalue weighted by Crippen LogP contribution is -2.60. The predicted molar refractivity (Wildman–Crippen MR) is 78.6 cm³/mol. The fourth-order valence-electron chi connectivity index (χ4n) is 3.23. The Balaban J connectivity index is 1.64. The van der Waals surface area contributed by atoms with Crippen LogP contribution in [0.25, 0.3) is 0 Å². The molecule has 2 fully saturated rings. The smallest absolute Gasteiger partial charge is 0.229 e. The van der Waals surface area contributed by atoms with Crippen LogP contribution in [0.5, 0.6) is 0 Å². The van der Waals surface area contributed by atoms with Crippen LogP contribution in [0.2, 0.25) is 5.28 Å². The van der Waals surface area contributed by atoms with E-state index in [9.17, 15) is 10.2 Å². The average molecular weight is 314 g/mol. The third kappa shape index (κ3) is 3.42. The van der Waals surface area contributed by atoms with E-state index in [4.69, 9.17) is 11.6 Å². The van der Waals surface area contributed by atoms with Crippen LogP contribution < -0.4 is 9.80 Å². The maximum absolute atomic E-state index is 10.4. The van der Waals surface area contributed by atoms with E-state index in [1.165, 1.54) is 6.33 Å². The molecule has 115 valence electrons. The second-order valence-corrected chi connectivity index (χ2v) is 6.05. The average Bonchev–Trinajstić information content (AvgIpc) is 2.47. The second-order valence-electron chi connectivity index (χ2n) is 5.71. The maximum atomic E-state index is 10.4. The normalized spacial score (nSPS) is 31.4. The van der Waals surface area contributed by atoms with E-state index >= 15 is 0 Å². The molecule has 1 radical (unpaired) electrons. The standard InChI is InChI=1S/C13H20ClN5O2/c14-12-15-8-16-13(17-12)19-5-3-10(11(21)7-19)18-4-1-2-9(20)6-18/h8-11,20-21H,1-7H2/q+1. The molecule has 1 aromatic rings. The van der Waals surface area contributed by atoms with Crippen molar-refractivity contribution in [3.63, 3.8) is 0 Å². The zero-order valence-electron chi connectivity index (χ0n) is 11.8. The maximum Gasteiger partial charge on any atom is 0.229 e. The van der Waals surface area contributed by atoms with Crippen LogP contribution >= 0.6 is 11.6 Å². The van der Waals surface area contributed by atoms with Gasteiger partial charge in [0.1, 0.15) is 31.6 Å². The lowest BCUT2D eigenvalue weighted by Gasteiger charge is -2.37. The Labute approximate surface area is 128 Å². The Morgan fingerprint density at radius 1 is 1.29 bits per heavy atom. The molecule has 0 bridgehead atoms. The van der Waals surface area contributed by atoms with Crippen molar-refractivity contribution < 1.29 is 10.2 Å². The Hall–Kier alpha value is -1.02. The molecule has 2 saturated heterocycles. The van der Waals surface area contributed by atoms with Gasteiger partial charge in [-0.25, -0.2) is 9.97 Å². The molecule has 1 aromatic heterocycles. The largest absolute Gasteiger partial charge is 0.387 e. The summed E-state index contributed by atoms with van der Waals surface area (Å²) in [7, 11) is 0. The number of nitrogens with zero attached hydrogens (tertiary/aromatic N) is 5. The zero-order chi connectivity index (χ0) is 14.8. The molecular weight excluding hydrogens is 294 g/mol. The fraction of sp³-hybridized carbons (Fsp3) is 0.769. The van der Waals surface area contributed by atoms with Gasteiger partial charge in [0.2, 0.25) is 11.2 Å². The van der Waals surface area contributed by atoms with Crippen molar-refractivity contribution in [3.8, 4) is 0 Å². The van der Waals surface area contributed by atoms with Crippen LogP contribution in [0.1, 0.15) is 19.3 Å². The van der Waals surface area contributed by atoms with E-state index in [1.54, 1.807) is 0 Å². The zero-order valence-corrected chi connectivity index (χ0v) is 12.5. The minimum atomic E-state index is -0.486. The molecule has 3 unspecified atom stereocenters. The summed E-state index contributed by atoms with van der Waals surface area (Å²) in [6, 6.07) is 0.0912. The van der Waals surface area contributed by atoms with Gasteiger partial charge in [0.25, 0.3) is 0 Å². The van der Waals surface area contributed by atoms with Crippen LogP contribution in [-0.4, -0.2) is 69.6 Å². The lowest BCUT2D eigenvalue weighted by atomic mass is 9.97. The van der Waals surface area contributed by atoms with Crippen molar-refractivity contribution in [2.75, 3.05) is 31.1 Å². The number of halogens is 1. The molecule has 0 spiro atoms. The second kappa shape index (κ2) is 6.39. The van der Waals surface area contributed by atoms with Gasteiger partial charge in [0, 0.05) is 19.4 Å². The fourth-order valence-corrected chi connectivity index (χ4v) is 3.35. The Morgan fingerprint density at radius 2 is 2.14 bits per heavy atom. The van der Waals surface area contributed by atoms with E-state index in [-0.39, 0.29) is 17.4 Å². The van der Waals surface area contributed by atoms with Gasteiger partial charge in [0.05, 0.1) is 6.54 Å². The Bertz CT molecular complexity index is 491. The molecule has 0 aromatic carbocycles. The molecule has 2 aliphatic heterocycles. The molecule has 21 heavy (non-hydrogen) atoms. The highest BCUT2D eigenvalue weighted by Gasteiger charge is 2.41. The van der Waals surface area contributed by atoms with Crippen molar-refractivity contribution >= 4 is 17.5 Å². The van der Waals surface area contributed by atoms with Crippen LogP contribution in [0, 0.1) is 0 Å². The van der Waals surface area contributed by atoms with E-state index in [1.807, 2.05) is 4.90 Å². The summed E-state index contributed by atoms with van der Waals surface area (Å²) >= 11 is 5.78. The number of aliphatic hydroxyl groups is 2. The number of anilines is 1. The molecule has 3 atom stereocenters. The first-order valence-electron chi connectivity index (χ1n) is 7.33. The highest BCUT2D eigenvalue weighted by atomic mass is 35.5. The van der Waals surface area contributed by atoms with Gasteiger partial charge in [-0.3, -0.25) is 0 Å². The minimum absolute atomic E-state index is 0.0912. The SMILES string of the molecule is OC1CCC[N+](C2CCN(c3ncnc(Cl)n3)CC2O)C1. The van der Waals surface area contributed by atoms with Crippen molar-refractivity contribution in [2.24, 2.45) is 0 Å². The summed E-state index contributed by atoms with van der Waals surface area (Å²) < 4.78 is 0. The summed E-state index contributed by atoms with van der Waals surface area (Å²) in [5, 5.41) is 20.4. The summed E-state index contributed by atoms with van der Waals surface area (Å²) in [6.07, 6.45) is 3.28. The molecule has 7 nitrogen and oxygen atoms in total. The van der Waals surface area contributed by atoms with Crippen LogP contribution in [0.4, 0.5) is 5.95 Å². The molecule has 2 aliphatic rings. The van der Waals surface area contributed by atoms with Gasteiger partial charge in [-0.1, -0.05) is 0 Å². The summed E-state index contributed by atoms with van der Waals surface area (Å²) in [5.74, 6) is 0.506. The summed E-state index contributed by atoms with van der Waals surface area (Å²) in [6.45, 7) is 2.82. The first kappa shape index (κ1) is 14.9. The van der Waals surface area contributed by atoms with Crippen LogP contribution in [0.3, 0.4) is 0 Å². The van der Waals surface area contributed by atoms with Crippen molar-refractivity contribution in [2.45, 2.75) is 37.5 Å². The predicted octanol–water partition coefficient (Wildman–Crippen LogP) is -0.241. The number of rotatable bonds is 2. The van der Waals surface area contributed by atoms with E-state index in [0.717, 1.165) is 32.4 Å². The number of aromatic nitrogens is 3. The third-order valence-corrected chi connectivity index (χ3v) is 4.44. The van der Waals surface area contributed by atoms with Crippen LogP contribution in [-0.2, 0) is 0 Å². The highest BCUT2D eigenvalue weighted by Crippen LogP contribution is 2.22. The Morgan fingerprint density at radius 3 is 2.86 bits per heavy atom. The molecule has 2 N–H and O–H groups in total. The van der Waals surface area contributed by atoms with Crippen LogP contribution in [0.15, 0.2) is 6.33 Å². The Kier molecular flexibility index (Phi) is 4.54. The third-order valence-electron chi connectivity index (χ3n) is 4.26. The number of aliphatic hydroxyl groups excluding tert-OH is 2. The molecular formula is C13H20ClN5O2+. The number of hydrogen-bond donors (Lipinski definition) is 2. The minimum Gasteiger partial charge on any atom is -0.387 e. The van der Waals surface area contributed by atoms with Gasteiger partial charge in [0.15, 0.2) is 6.04 Å². The van der Waals surface area contributed by atoms with Gasteiger partial charge in [-0.15, -0.1) is 0 Å². The number of β-amino-alcohol motifs (C(OH)–C–C–N with tert-alkyl or cyclic N) is 2. The van der Waals surface area contributed by atoms with Crippen molar-refractivity contribution in [3.05, 3.63) is 11.6 Å². The van der Waals surface area contributed by atoms with Gasteiger partial charge in [-0.2, -0.15) is 9.88 Å². The van der Waals surface area contributed by atoms with Gasteiger partial charge in [-0.05, 0) is 18.0 Å². The number of piperidine rings is 2. The lowest BCUT2D eigenvalue weighted by molar-refractivity contribution is 0.0367. The summed E-state index contributed by atoms with van der Waals surface area (Å²) in [4.78, 5) is 16.1. The first-order chi connectivity index (χ1) is 10.1.